The van der Waals surface area contributed by atoms with Crippen LogP contribution in [0.3, 0.4) is 0 Å². The summed E-state index contributed by atoms with van der Waals surface area (Å²) in [6.07, 6.45) is 0. The van der Waals surface area contributed by atoms with Gasteiger partial charge in [-0.2, -0.15) is 0 Å². The van der Waals surface area contributed by atoms with E-state index in [4.69, 9.17) is 0 Å². The zero-order valence-electron chi connectivity index (χ0n) is 13.4. The lowest BCUT2D eigenvalue weighted by atomic mass is 9.92. The fourth-order valence-corrected chi connectivity index (χ4v) is 3.29. The summed E-state index contributed by atoms with van der Waals surface area (Å²) in [5, 5.41) is 5.62. The van der Waals surface area contributed by atoms with E-state index in [1.165, 1.54) is 10.9 Å². The molecule has 1 unspecified atom stereocenters. The van der Waals surface area contributed by atoms with Gasteiger partial charge in [-0.15, -0.1) is 0 Å². The highest BCUT2D eigenvalue weighted by Crippen LogP contribution is 2.24. The second-order valence-electron chi connectivity index (χ2n) is 6.29. The molecule has 0 bridgehead atoms. The van der Waals surface area contributed by atoms with Crippen LogP contribution in [0.1, 0.15) is 22.8 Å². The van der Waals surface area contributed by atoms with Crippen molar-refractivity contribution >= 4 is 16.6 Å². The SMILES string of the molecule is Cc1ccc(C(=O)C(C)CN2CCNCC2)c2ccccc12. The zero-order valence-corrected chi connectivity index (χ0v) is 13.4. The maximum Gasteiger partial charge on any atom is 0.167 e. The summed E-state index contributed by atoms with van der Waals surface area (Å²) in [5.41, 5.74) is 2.09. The Balaban J connectivity index is 1.84. The Bertz CT molecular complexity index is 674. The van der Waals surface area contributed by atoms with E-state index < -0.39 is 0 Å². The van der Waals surface area contributed by atoms with Crippen LogP contribution in [0.25, 0.3) is 10.8 Å². The van der Waals surface area contributed by atoms with Gasteiger partial charge in [0.25, 0.3) is 0 Å². The lowest BCUT2D eigenvalue weighted by Gasteiger charge is -2.29. The number of rotatable bonds is 4. The molecule has 116 valence electrons. The van der Waals surface area contributed by atoms with Gasteiger partial charge < -0.3 is 10.2 Å². The molecule has 0 aliphatic carbocycles. The Labute approximate surface area is 132 Å². The molecule has 3 rings (SSSR count). The van der Waals surface area contributed by atoms with Crippen molar-refractivity contribution in [3.63, 3.8) is 0 Å². The van der Waals surface area contributed by atoms with Gasteiger partial charge in [-0.1, -0.05) is 43.3 Å². The van der Waals surface area contributed by atoms with Crippen molar-refractivity contribution in [2.24, 2.45) is 5.92 Å². The van der Waals surface area contributed by atoms with E-state index in [2.05, 4.69) is 42.3 Å². The van der Waals surface area contributed by atoms with Gasteiger partial charge in [0.2, 0.25) is 0 Å². The van der Waals surface area contributed by atoms with Gasteiger partial charge in [-0.25, -0.2) is 0 Å². The molecule has 1 aliphatic heterocycles. The van der Waals surface area contributed by atoms with Gasteiger partial charge >= 0.3 is 0 Å². The van der Waals surface area contributed by atoms with Crippen LogP contribution in [0.2, 0.25) is 0 Å². The zero-order chi connectivity index (χ0) is 15.5. The van der Waals surface area contributed by atoms with Gasteiger partial charge in [0.1, 0.15) is 0 Å². The van der Waals surface area contributed by atoms with Gasteiger partial charge in [-0.3, -0.25) is 4.79 Å². The van der Waals surface area contributed by atoms with Crippen LogP contribution in [-0.4, -0.2) is 43.4 Å². The number of fused-ring (bicyclic) bond motifs is 1. The highest BCUT2D eigenvalue weighted by Gasteiger charge is 2.21. The van der Waals surface area contributed by atoms with E-state index in [1.807, 2.05) is 18.2 Å². The molecular formula is C19H24N2O. The first-order valence-electron chi connectivity index (χ1n) is 8.12. The molecule has 0 spiro atoms. The summed E-state index contributed by atoms with van der Waals surface area (Å²) < 4.78 is 0. The quantitative estimate of drug-likeness (QED) is 0.881. The summed E-state index contributed by atoms with van der Waals surface area (Å²) in [7, 11) is 0. The molecule has 1 fully saturated rings. The second kappa shape index (κ2) is 6.59. The molecule has 0 radical (unpaired) electrons. The van der Waals surface area contributed by atoms with Gasteiger partial charge in [0.05, 0.1) is 0 Å². The average molecular weight is 296 g/mol. The number of ketones is 1. The van der Waals surface area contributed by atoms with Crippen molar-refractivity contribution in [3.05, 3.63) is 47.5 Å². The normalized spacial score (nSPS) is 17.5. The first-order chi connectivity index (χ1) is 10.7. The third-order valence-electron chi connectivity index (χ3n) is 4.60. The molecule has 1 aliphatic rings. The highest BCUT2D eigenvalue weighted by atomic mass is 16.1. The Morgan fingerprint density at radius 1 is 1.14 bits per heavy atom. The molecule has 3 heteroatoms. The van der Waals surface area contributed by atoms with Gasteiger partial charge in [0.15, 0.2) is 5.78 Å². The predicted molar refractivity (Wildman–Crippen MR) is 91.5 cm³/mol. The predicted octanol–water partition coefficient (Wildman–Crippen LogP) is 2.87. The van der Waals surface area contributed by atoms with Crippen LogP contribution >= 0.6 is 0 Å². The van der Waals surface area contributed by atoms with Crippen molar-refractivity contribution in [1.29, 1.82) is 0 Å². The summed E-state index contributed by atoms with van der Waals surface area (Å²) in [6.45, 7) is 9.11. The van der Waals surface area contributed by atoms with Crippen LogP contribution < -0.4 is 5.32 Å². The Hall–Kier alpha value is -1.71. The number of nitrogens with zero attached hydrogens (tertiary/aromatic N) is 1. The van der Waals surface area contributed by atoms with Gasteiger partial charge in [0, 0.05) is 44.2 Å². The number of carbonyl (C=O) groups is 1. The molecule has 2 aromatic carbocycles. The number of benzene rings is 2. The third-order valence-corrected chi connectivity index (χ3v) is 4.60. The monoisotopic (exact) mass is 296 g/mol. The minimum atomic E-state index is 0.0317. The molecule has 1 atom stereocenters. The minimum absolute atomic E-state index is 0.0317. The van der Waals surface area contributed by atoms with E-state index in [-0.39, 0.29) is 11.7 Å². The van der Waals surface area contributed by atoms with E-state index >= 15 is 0 Å². The number of Topliss-reactive ketones (excluding diaryl/α,β-unsaturated/α-hetero) is 1. The number of hydrogen-bond acceptors (Lipinski definition) is 3. The average Bonchev–Trinajstić information content (AvgIpc) is 2.56. The molecular weight excluding hydrogens is 272 g/mol. The minimum Gasteiger partial charge on any atom is -0.314 e. The lowest BCUT2D eigenvalue weighted by Crippen LogP contribution is -2.45. The molecule has 2 aromatic rings. The van der Waals surface area contributed by atoms with Crippen molar-refractivity contribution in [3.8, 4) is 0 Å². The molecule has 0 aromatic heterocycles. The van der Waals surface area contributed by atoms with Crippen LogP contribution in [0.5, 0.6) is 0 Å². The van der Waals surface area contributed by atoms with Crippen molar-refractivity contribution in [1.82, 2.24) is 10.2 Å². The fourth-order valence-electron chi connectivity index (χ4n) is 3.29. The van der Waals surface area contributed by atoms with Crippen molar-refractivity contribution in [2.45, 2.75) is 13.8 Å². The molecule has 1 N–H and O–H groups in total. The Morgan fingerprint density at radius 3 is 2.55 bits per heavy atom. The number of aryl methyl sites for hydroxylation is 1. The Morgan fingerprint density at radius 2 is 1.82 bits per heavy atom. The second-order valence-corrected chi connectivity index (χ2v) is 6.29. The third kappa shape index (κ3) is 3.06. The summed E-state index contributed by atoms with van der Waals surface area (Å²) >= 11 is 0. The molecule has 0 saturated carbocycles. The van der Waals surface area contributed by atoms with Crippen molar-refractivity contribution in [2.75, 3.05) is 32.7 Å². The lowest BCUT2D eigenvalue weighted by molar-refractivity contribution is 0.0889. The number of carbonyl (C=O) groups excluding carboxylic acids is 1. The first kappa shape index (κ1) is 15.2. The first-order valence-corrected chi connectivity index (χ1v) is 8.12. The van der Waals surface area contributed by atoms with E-state index in [0.717, 1.165) is 43.7 Å². The van der Waals surface area contributed by atoms with E-state index in [9.17, 15) is 4.79 Å². The summed E-state index contributed by atoms with van der Waals surface area (Å²) in [5.74, 6) is 0.291. The number of hydrogen-bond donors (Lipinski definition) is 1. The molecule has 3 nitrogen and oxygen atoms in total. The highest BCUT2D eigenvalue weighted by molar-refractivity contribution is 6.09. The topological polar surface area (TPSA) is 32.3 Å². The summed E-state index contributed by atoms with van der Waals surface area (Å²) in [4.78, 5) is 15.3. The fraction of sp³-hybridized carbons (Fsp3) is 0.421. The maximum atomic E-state index is 12.9. The number of nitrogens with one attached hydrogen (secondary N) is 1. The maximum absolute atomic E-state index is 12.9. The number of piperazine rings is 1. The molecule has 1 heterocycles. The van der Waals surface area contributed by atoms with E-state index in [0.29, 0.717) is 0 Å². The molecule has 22 heavy (non-hydrogen) atoms. The van der Waals surface area contributed by atoms with Crippen LogP contribution in [0, 0.1) is 12.8 Å². The Kier molecular flexibility index (Phi) is 4.55. The smallest absolute Gasteiger partial charge is 0.167 e. The largest absolute Gasteiger partial charge is 0.314 e. The van der Waals surface area contributed by atoms with Crippen LogP contribution in [0.15, 0.2) is 36.4 Å². The standard InChI is InChI=1S/C19H24N2O/c1-14-7-8-18(17-6-4-3-5-16(14)17)19(22)15(2)13-21-11-9-20-10-12-21/h3-8,15,20H,9-13H2,1-2H3. The van der Waals surface area contributed by atoms with Crippen molar-refractivity contribution < 1.29 is 4.79 Å². The van der Waals surface area contributed by atoms with Crippen LogP contribution in [-0.2, 0) is 0 Å². The summed E-state index contributed by atoms with van der Waals surface area (Å²) in [6, 6.07) is 12.3. The van der Waals surface area contributed by atoms with Crippen LogP contribution in [0.4, 0.5) is 0 Å². The van der Waals surface area contributed by atoms with Gasteiger partial charge in [-0.05, 0) is 23.3 Å². The molecule has 1 saturated heterocycles. The van der Waals surface area contributed by atoms with E-state index in [1.54, 1.807) is 0 Å². The molecule has 0 amide bonds.